The van der Waals surface area contributed by atoms with Crippen molar-refractivity contribution in [1.82, 2.24) is 0 Å². The molecule has 50 heavy (non-hydrogen) atoms. The minimum absolute atomic E-state index is 0.149. The van der Waals surface area contributed by atoms with Crippen LogP contribution in [0.25, 0.3) is 11.1 Å². The molecule has 4 aromatic rings. The van der Waals surface area contributed by atoms with Crippen LogP contribution in [0.4, 0.5) is 0 Å². The fourth-order valence-corrected chi connectivity index (χ4v) is 5.53. The molecule has 1 fully saturated rings. The SMILES string of the molecule is O=C1O[C@H]2[C@H](O)[C@@H](O)[C@H](Oc3cc(O)c(C(=O)c4ccccc4)c(O)c3)O[C@@H]2COC(=O)c2cc(O)c(O)c(O)c2-c2cc1c(O)c(O)c2O. The van der Waals surface area contributed by atoms with Crippen molar-refractivity contribution in [3.8, 4) is 62.9 Å². The third-order valence-electron chi connectivity index (χ3n) is 8.06. The van der Waals surface area contributed by atoms with Crippen molar-refractivity contribution in [3.05, 3.63) is 76.9 Å². The molecule has 2 aliphatic heterocycles. The predicted molar refractivity (Wildman–Crippen MR) is 162 cm³/mol. The van der Waals surface area contributed by atoms with Gasteiger partial charge in [0.15, 0.2) is 29.1 Å². The van der Waals surface area contributed by atoms with Gasteiger partial charge in [0.2, 0.25) is 23.6 Å². The van der Waals surface area contributed by atoms with Crippen LogP contribution in [0.15, 0.2) is 54.6 Å². The summed E-state index contributed by atoms with van der Waals surface area (Å²) in [4.78, 5) is 39.5. The van der Waals surface area contributed by atoms with Crippen LogP contribution in [-0.4, -0.2) is 106 Å². The Bertz CT molecular complexity index is 2020. The molecular formula is C33H26O17. The van der Waals surface area contributed by atoms with Crippen molar-refractivity contribution >= 4 is 17.7 Å². The normalized spacial score (nSPS) is 21.8. The second kappa shape index (κ2) is 12.5. The van der Waals surface area contributed by atoms with Crippen LogP contribution in [0.2, 0.25) is 0 Å². The Kier molecular flexibility index (Phi) is 8.40. The molecular weight excluding hydrogens is 668 g/mol. The topological polar surface area (TPSA) is 290 Å². The first-order valence-corrected chi connectivity index (χ1v) is 14.5. The molecule has 0 amide bonds. The zero-order valence-corrected chi connectivity index (χ0v) is 25.1. The van der Waals surface area contributed by atoms with E-state index in [4.69, 9.17) is 18.9 Å². The lowest BCUT2D eigenvalue weighted by Crippen LogP contribution is -2.61. The minimum atomic E-state index is -2.09. The Hall–Kier alpha value is -6.43. The number of fused-ring (bicyclic) bond motifs is 5. The van der Waals surface area contributed by atoms with Gasteiger partial charge in [0.1, 0.15) is 53.3 Å². The number of hydrogen-bond acceptors (Lipinski definition) is 17. The van der Waals surface area contributed by atoms with Gasteiger partial charge in [0, 0.05) is 28.8 Å². The second-order valence-electron chi connectivity index (χ2n) is 11.2. The molecule has 2 aliphatic rings. The van der Waals surface area contributed by atoms with Gasteiger partial charge in [-0.05, 0) is 12.1 Å². The van der Waals surface area contributed by atoms with Crippen molar-refractivity contribution in [3.63, 3.8) is 0 Å². The maximum atomic E-state index is 13.3. The Balaban J connectivity index is 1.36. The fraction of sp³-hybridized carbons (Fsp3) is 0.182. The first-order chi connectivity index (χ1) is 23.7. The summed E-state index contributed by atoms with van der Waals surface area (Å²) in [5, 5.41) is 106. The van der Waals surface area contributed by atoms with Crippen molar-refractivity contribution in [2.24, 2.45) is 0 Å². The molecule has 0 aromatic heterocycles. The van der Waals surface area contributed by atoms with Crippen molar-refractivity contribution in [1.29, 1.82) is 0 Å². The first-order valence-electron chi connectivity index (χ1n) is 14.5. The van der Waals surface area contributed by atoms with E-state index in [0.717, 1.165) is 12.1 Å². The number of aliphatic hydroxyl groups is 2. The summed E-state index contributed by atoms with van der Waals surface area (Å²) in [6, 6.07) is 10.8. The number of aromatic hydroxyl groups is 8. The smallest absolute Gasteiger partial charge is 0.342 e. The van der Waals surface area contributed by atoms with Gasteiger partial charge in [0.05, 0.1) is 5.56 Å². The highest BCUT2D eigenvalue weighted by Gasteiger charge is 2.49. The van der Waals surface area contributed by atoms with Crippen LogP contribution in [-0.2, 0) is 14.2 Å². The maximum absolute atomic E-state index is 13.3. The van der Waals surface area contributed by atoms with E-state index in [1.54, 1.807) is 18.2 Å². The molecule has 6 rings (SSSR count). The number of phenols is 8. The summed E-state index contributed by atoms with van der Waals surface area (Å²) >= 11 is 0. The summed E-state index contributed by atoms with van der Waals surface area (Å²) < 4.78 is 21.8. The van der Waals surface area contributed by atoms with Crippen LogP contribution in [0.5, 0.6) is 51.7 Å². The molecule has 2 bridgehead atoms. The first kappa shape index (κ1) is 33.5. The Morgan fingerprint density at radius 2 is 1.32 bits per heavy atom. The van der Waals surface area contributed by atoms with Crippen molar-refractivity contribution in [2.75, 3.05) is 6.61 Å². The lowest BCUT2D eigenvalue weighted by molar-refractivity contribution is -0.276. The Morgan fingerprint density at radius 3 is 1.98 bits per heavy atom. The summed E-state index contributed by atoms with van der Waals surface area (Å²) in [6.45, 7) is -0.902. The third kappa shape index (κ3) is 5.60. The van der Waals surface area contributed by atoms with Gasteiger partial charge in [-0.3, -0.25) is 4.79 Å². The van der Waals surface area contributed by atoms with Gasteiger partial charge >= 0.3 is 11.9 Å². The molecule has 17 nitrogen and oxygen atoms in total. The van der Waals surface area contributed by atoms with Crippen LogP contribution >= 0.6 is 0 Å². The number of cyclic esters (lactones) is 1. The predicted octanol–water partition coefficient (Wildman–Crippen LogP) is 1.45. The molecule has 10 N–H and O–H groups in total. The van der Waals surface area contributed by atoms with E-state index >= 15 is 0 Å². The molecule has 260 valence electrons. The monoisotopic (exact) mass is 694 g/mol. The number of benzene rings is 4. The number of ether oxygens (including phenoxy) is 4. The van der Waals surface area contributed by atoms with Crippen LogP contribution in [0.1, 0.15) is 36.6 Å². The summed E-state index contributed by atoms with van der Waals surface area (Å²) in [6.07, 6.45) is -9.62. The highest BCUT2D eigenvalue weighted by atomic mass is 16.7. The Morgan fingerprint density at radius 1 is 0.680 bits per heavy atom. The minimum Gasteiger partial charge on any atom is -0.507 e. The number of rotatable bonds is 4. The van der Waals surface area contributed by atoms with E-state index in [0.29, 0.717) is 12.1 Å². The standard InChI is InChI=1S/C33H26O17/c34-16-6-12(7-17(35)21(16)22(37)11-4-2-1-3-5-11)48-33-29(44)28(43)30-19(49-33)10-47-31(45)14-9-18(36)25(40)26(41)20(14)13-8-15(32(46)50-30)24(39)27(42)23(13)38/h1-9,19,28-30,33-36,38-44H,10H2/t19-,28-,29-,30-,33-/m1/s1. The molecule has 0 radical (unpaired) electrons. The van der Waals surface area contributed by atoms with Crippen molar-refractivity contribution < 1.29 is 84.4 Å². The van der Waals surface area contributed by atoms with Crippen LogP contribution in [0.3, 0.4) is 0 Å². The molecule has 0 unspecified atom stereocenters. The number of phenolic OH excluding ortho intramolecular Hbond substituents is 8. The highest BCUT2D eigenvalue weighted by Crippen LogP contribution is 2.52. The maximum Gasteiger partial charge on any atom is 0.342 e. The number of hydrogen-bond donors (Lipinski definition) is 10. The van der Waals surface area contributed by atoms with Crippen molar-refractivity contribution in [2.45, 2.75) is 30.7 Å². The largest absolute Gasteiger partial charge is 0.507 e. The van der Waals surface area contributed by atoms with Gasteiger partial charge in [0.25, 0.3) is 0 Å². The van der Waals surface area contributed by atoms with E-state index in [1.165, 1.54) is 12.1 Å². The van der Waals surface area contributed by atoms with Gasteiger partial charge in [-0.15, -0.1) is 0 Å². The van der Waals surface area contributed by atoms with Crippen LogP contribution in [0, 0.1) is 0 Å². The average molecular weight is 695 g/mol. The molecule has 0 spiro atoms. The lowest BCUT2D eigenvalue weighted by atomic mass is 9.93. The number of aliphatic hydroxyl groups excluding tert-OH is 2. The number of ketones is 1. The molecule has 0 aliphatic carbocycles. The van der Waals surface area contributed by atoms with E-state index in [1.807, 2.05) is 0 Å². The van der Waals surface area contributed by atoms with E-state index in [-0.39, 0.29) is 11.3 Å². The van der Waals surface area contributed by atoms with Gasteiger partial charge in [-0.25, -0.2) is 9.59 Å². The number of esters is 2. The van der Waals surface area contributed by atoms with Gasteiger partial charge in [-0.1, -0.05) is 30.3 Å². The fourth-order valence-electron chi connectivity index (χ4n) is 5.53. The molecule has 5 atom stereocenters. The average Bonchev–Trinajstić information content (AvgIpc) is 3.08. The van der Waals surface area contributed by atoms with Gasteiger partial charge < -0.3 is 70.0 Å². The zero-order chi connectivity index (χ0) is 36.2. The molecule has 4 aromatic carbocycles. The van der Waals surface area contributed by atoms with E-state index in [9.17, 15) is 65.4 Å². The quantitative estimate of drug-likeness (QED) is 0.0821. The molecule has 17 heteroatoms. The molecule has 0 saturated carbocycles. The number of carbonyl (C=O) groups excluding carboxylic acids is 3. The van der Waals surface area contributed by atoms with E-state index < -0.39 is 129 Å². The zero-order valence-electron chi connectivity index (χ0n) is 25.1. The summed E-state index contributed by atoms with van der Waals surface area (Å²) in [7, 11) is 0. The van der Waals surface area contributed by atoms with E-state index in [2.05, 4.69) is 0 Å². The summed E-state index contributed by atoms with van der Waals surface area (Å²) in [5.74, 6) is -12.5. The second-order valence-corrected chi connectivity index (χ2v) is 11.2. The summed E-state index contributed by atoms with van der Waals surface area (Å²) in [5.41, 5.74) is -3.40. The number of carbonyl (C=O) groups is 3. The lowest BCUT2D eigenvalue weighted by Gasteiger charge is -2.41. The Labute approximate surface area is 279 Å². The highest BCUT2D eigenvalue weighted by molar-refractivity contribution is 6.12. The van der Waals surface area contributed by atoms with Gasteiger partial charge in [-0.2, -0.15) is 0 Å². The van der Waals surface area contributed by atoms with Crippen LogP contribution < -0.4 is 4.74 Å². The molecule has 1 saturated heterocycles. The molecule has 2 heterocycles. The third-order valence-corrected chi connectivity index (χ3v) is 8.06.